The van der Waals surface area contributed by atoms with Gasteiger partial charge in [0.25, 0.3) is 0 Å². The second-order valence-corrected chi connectivity index (χ2v) is 4.85. The van der Waals surface area contributed by atoms with Gasteiger partial charge in [0.2, 0.25) is 5.91 Å². The summed E-state index contributed by atoms with van der Waals surface area (Å²) in [5.41, 5.74) is 4.26. The summed E-state index contributed by atoms with van der Waals surface area (Å²) in [7, 11) is 0. The summed E-state index contributed by atoms with van der Waals surface area (Å²) in [6, 6.07) is 5.72. The van der Waals surface area contributed by atoms with Crippen molar-refractivity contribution in [3.05, 3.63) is 29.3 Å². The number of hydrogen-bond donors (Lipinski definition) is 3. The first-order valence-corrected chi connectivity index (χ1v) is 6.79. The molecule has 6 N–H and O–H groups in total. The number of hydrogen-bond acceptors (Lipinski definition) is 3. The molecule has 20 heavy (non-hydrogen) atoms. The number of nitrogens with two attached hydrogens (primary N) is 1. The molecular weight excluding hydrogens is 282 g/mol. The highest BCUT2D eigenvalue weighted by atomic mass is 35.5. The zero-order valence-electron chi connectivity index (χ0n) is 11.1. The summed E-state index contributed by atoms with van der Waals surface area (Å²) in [5, 5.41) is 15.8. The molecule has 1 aromatic rings. The van der Waals surface area contributed by atoms with Crippen LogP contribution in [0.3, 0.4) is 0 Å². The lowest BCUT2D eigenvalue weighted by molar-refractivity contribution is -0.684. The molecule has 1 aromatic carbocycles. The van der Waals surface area contributed by atoms with E-state index in [1.54, 1.807) is 29.6 Å². The highest BCUT2D eigenvalue weighted by molar-refractivity contribution is 6.30. The molecule has 0 saturated carbocycles. The van der Waals surface area contributed by atoms with Crippen LogP contribution in [0, 0.1) is 0 Å². The monoisotopic (exact) mass is 300 g/mol. The van der Waals surface area contributed by atoms with E-state index < -0.39 is 12.0 Å². The fourth-order valence-corrected chi connectivity index (χ4v) is 1.80. The lowest BCUT2D eigenvalue weighted by Crippen LogP contribution is -2.93. The molecule has 110 valence electrons. The number of carbonyl (C=O) groups is 2. The highest BCUT2D eigenvalue weighted by Gasteiger charge is 2.18. The molecule has 0 spiro atoms. The Bertz CT molecular complexity index is 451. The van der Waals surface area contributed by atoms with Crippen molar-refractivity contribution in [2.45, 2.75) is 18.9 Å². The Morgan fingerprint density at radius 3 is 2.55 bits per heavy atom. The van der Waals surface area contributed by atoms with E-state index in [2.05, 4.69) is 11.1 Å². The Kier molecular flexibility index (Phi) is 7.00. The molecule has 0 heterocycles. The van der Waals surface area contributed by atoms with E-state index in [4.69, 9.17) is 11.6 Å². The molecule has 0 aromatic heterocycles. The Morgan fingerprint density at radius 1 is 1.35 bits per heavy atom. The number of carboxylic acid groups (broad SMARTS) is 1. The number of quaternary nitrogens is 2. The van der Waals surface area contributed by atoms with Crippen LogP contribution in [0.15, 0.2) is 24.3 Å². The van der Waals surface area contributed by atoms with Crippen LogP contribution in [0.1, 0.15) is 12.8 Å². The fourth-order valence-electron chi connectivity index (χ4n) is 1.67. The largest absolute Gasteiger partial charge is 0.544 e. The fraction of sp³-hybridized carbons (Fsp3) is 0.385. The lowest BCUT2D eigenvalue weighted by atomic mass is 10.2. The number of benzene rings is 1. The molecule has 0 unspecified atom stereocenters. The third-order valence-electron chi connectivity index (χ3n) is 2.74. The maximum absolute atomic E-state index is 11.8. The summed E-state index contributed by atoms with van der Waals surface area (Å²) in [4.78, 5) is 22.7. The van der Waals surface area contributed by atoms with Crippen LogP contribution >= 0.6 is 11.6 Å². The molecule has 0 bridgehead atoms. The lowest BCUT2D eigenvalue weighted by Gasteiger charge is -2.16. The zero-order chi connectivity index (χ0) is 15.0. The number of amides is 1. The number of nitrogens with one attached hydrogen (secondary N) is 1. The number of aliphatic carboxylic acids is 1. The second-order valence-electron chi connectivity index (χ2n) is 4.42. The molecule has 0 aliphatic carbocycles. The molecular formula is C13H19ClN3O3+. The van der Waals surface area contributed by atoms with E-state index in [-0.39, 0.29) is 12.3 Å². The van der Waals surface area contributed by atoms with E-state index in [1.165, 1.54) is 0 Å². The standard InChI is InChI=1S/C13H18ClN3O3/c14-9-2-4-10(5-3-9)17-12(18)8-11(13(19)20)16-7-1-6-15/h2-5,11,16H,1,6-8,15H2,(H,17,18)(H,19,20)/p+1/t11-/m0/s1. The topological polar surface area (TPSA) is 113 Å². The Morgan fingerprint density at radius 2 is 2.00 bits per heavy atom. The minimum Gasteiger partial charge on any atom is -0.544 e. The predicted octanol–water partition coefficient (Wildman–Crippen LogP) is -2.02. The Labute approximate surface area is 122 Å². The third kappa shape index (κ3) is 6.01. The van der Waals surface area contributed by atoms with Gasteiger partial charge in [-0.25, -0.2) is 0 Å². The molecule has 1 atom stereocenters. The molecule has 0 aliphatic heterocycles. The molecule has 0 fully saturated rings. The summed E-state index contributed by atoms with van der Waals surface area (Å²) >= 11 is 5.74. The average molecular weight is 301 g/mol. The SMILES string of the molecule is [NH3+]CCC[NH2+][C@@H](CC(=O)Nc1ccc(Cl)cc1)C(=O)[O-]. The van der Waals surface area contributed by atoms with Crippen LogP contribution in [-0.4, -0.2) is 31.0 Å². The van der Waals surface area contributed by atoms with E-state index >= 15 is 0 Å². The summed E-state index contributed by atoms with van der Waals surface area (Å²) < 4.78 is 0. The van der Waals surface area contributed by atoms with Crippen molar-refractivity contribution in [1.29, 1.82) is 0 Å². The molecule has 1 rings (SSSR count). The van der Waals surface area contributed by atoms with E-state index in [0.717, 1.165) is 13.0 Å². The highest BCUT2D eigenvalue weighted by Crippen LogP contribution is 2.13. The summed E-state index contributed by atoms with van der Waals surface area (Å²) in [6.07, 6.45) is 0.657. The van der Waals surface area contributed by atoms with Crippen molar-refractivity contribution in [3.8, 4) is 0 Å². The van der Waals surface area contributed by atoms with Crippen LogP contribution in [0.4, 0.5) is 5.69 Å². The Hall–Kier alpha value is -1.63. The van der Waals surface area contributed by atoms with E-state index in [1.807, 2.05) is 0 Å². The smallest absolute Gasteiger partial charge is 0.230 e. The van der Waals surface area contributed by atoms with Crippen LogP contribution in [0.5, 0.6) is 0 Å². The van der Waals surface area contributed by atoms with Gasteiger partial charge in [0.1, 0.15) is 6.04 Å². The second kappa shape index (κ2) is 8.52. The van der Waals surface area contributed by atoms with Crippen molar-refractivity contribution in [2.24, 2.45) is 0 Å². The van der Waals surface area contributed by atoms with Crippen molar-refractivity contribution < 1.29 is 25.7 Å². The maximum atomic E-state index is 11.8. The minimum atomic E-state index is -1.24. The van der Waals surface area contributed by atoms with Gasteiger partial charge in [-0.2, -0.15) is 0 Å². The van der Waals surface area contributed by atoms with Gasteiger partial charge in [0, 0.05) is 17.1 Å². The van der Waals surface area contributed by atoms with Crippen LogP contribution in [0.25, 0.3) is 0 Å². The van der Waals surface area contributed by atoms with E-state index in [0.29, 0.717) is 17.3 Å². The number of rotatable bonds is 8. The third-order valence-corrected chi connectivity index (χ3v) is 2.99. The number of anilines is 1. The van der Waals surface area contributed by atoms with Gasteiger partial charge >= 0.3 is 0 Å². The molecule has 1 amide bonds. The minimum absolute atomic E-state index is 0.137. The molecule has 0 radical (unpaired) electrons. The first kappa shape index (κ1) is 16.4. The number of halogens is 1. The summed E-state index contributed by atoms with van der Waals surface area (Å²) in [6.45, 7) is 1.34. The quantitative estimate of drug-likeness (QED) is 0.482. The normalized spacial score (nSPS) is 11.9. The van der Waals surface area contributed by atoms with Gasteiger partial charge in [-0.3, -0.25) is 4.79 Å². The van der Waals surface area contributed by atoms with Crippen molar-refractivity contribution in [3.63, 3.8) is 0 Å². The molecule has 6 nitrogen and oxygen atoms in total. The first-order chi connectivity index (χ1) is 9.52. The number of carbonyl (C=O) groups excluding carboxylic acids is 2. The zero-order valence-corrected chi connectivity index (χ0v) is 11.9. The maximum Gasteiger partial charge on any atom is 0.230 e. The van der Waals surface area contributed by atoms with Gasteiger partial charge in [-0.15, -0.1) is 0 Å². The van der Waals surface area contributed by atoms with Crippen molar-refractivity contribution in [1.82, 2.24) is 0 Å². The van der Waals surface area contributed by atoms with Crippen LogP contribution in [0.2, 0.25) is 5.02 Å². The molecule has 0 saturated heterocycles. The van der Waals surface area contributed by atoms with Gasteiger partial charge in [0.15, 0.2) is 0 Å². The van der Waals surface area contributed by atoms with Crippen molar-refractivity contribution in [2.75, 3.05) is 18.4 Å². The van der Waals surface area contributed by atoms with Gasteiger partial charge < -0.3 is 26.3 Å². The van der Waals surface area contributed by atoms with Crippen molar-refractivity contribution >= 4 is 29.2 Å². The van der Waals surface area contributed by atoms with Gasteiger partial charge in [-0.05, 0) is 24.3 Å². The van der Waals surface area contributed by atoms with Gasteiger partial charge in [0.05, 0.1) is 25.5 Å². The van der Waals surface area contributed by atoms with Crippen LogP contribution < -0.4 is 21.5 Å². The molecule has 7 heteroatoms. The molecule has 0 aliphatic rings. The summed E-state index contributed by atoms with van der Waals surface area (Å²) in [5.74, 6) is -1.60. The predicted molar refractivity (Wildman–Crippen MR) is 72.7 cm³/mol. The van der Waals surface area contributed by atoms with Gasteiger partial charge in [-0.1, -0.05) is 11.6 Å². The first-order valence-electron chi connectivity index (χ1n) is 6.41. The average Bonchev–Trinajstić information content (AvgIpc) is 2.40. The van der Waals surface area contributed by atoms with Crippen LogP contribution in [-0.2, 0) is 9.59 Å². The Balaban J connectivity index is 2.48. The van der Waals surface area contributed by atoms with E-state index in [9.17, 15) is 14.7 Å². The number of carboxylic acids is 1.